The molecule has 0 aliphatic heterocycles. The lowest BCUT2D eigenvalue weighted by Crippen LogP contribution is -2.32. The molecule has 5 heteroatoms. The molecule has 0 N–H and O–H groups in total. The number of hydrogen-bond donors (Lipinski definition) is 0. The van der Waals surface area contributed by atoms with Gasteiger partial charge in [-0.15, -0.1) is 0 Å². The minimum absolute atomic E-state index is 0.0939. The Labute approximate surface area is 167 Å². The number of ketones is 1. The fourth-order valence-corrected chi connectivity index (χ4v) is 3.32. The summed E-state index contributed by atoms with van der Waals surface area (Å²) in [5.74, 6) is -3.73. The van der Waals surface area contributed by atoms with Crippen molar-refractivity contribution in [2.75, 3.05) is 0 Å². The zero-order valence-corrected chi connectivity index (χ0v) is 15.6. The second-order valence-corrected chi connectivity index (χ2v) is 6.66. The third kappa shape index (κ3) is 4.76. The SMILES string of the molecule is O=C(CCc1ccccc1)C/C(C(=O)[O-])=C(\C(=O)[O-])c1cccc2ccccc12. The molecule has 0 saturated carbocycles. The van der Waals surface area contributed by atoms with Crippen molar-refractivity contribution in [2.24, 2.45) is 0 Å². The lowest BCUT2D eigenvalue weighted by molar-refractivity contribution is -0.302. The van der Waals surface area contributed by atoms with E-state index in [1.54, 1.807) is 36.4 Å². The van der Waals surface area contributed by atoms with Gasteiger partial charge in [0.1, 0.15) is 5.78 Å². The molecule has 0 unspecified atom stereocenters. The first-order valence-corrected chi connectivity index (χ1v) is 9.17. The van der Waals surface area contributed by atoms with Gasteiger partial charge in [0.15, 0.2) is 0 Å². The van der Waals surface area contributed by atoms with Crippen LogP contribution < -0.4 is 10.2 Å². The second kappa shape index (κ2) is 8.97. The van der Waals surface area contributed by atoms with Crippen molar-refractivity contribution in [1.82, 2.24) is 0 Å². The summed E-state index contributed by atoms with van der Waals surface area (Å²) >= 11 is 0. The van der Waals surface area contributed by atoms with E-state index >= 15 is 0 Å². The lowest BCUT2D eigenvalue weighted by atomic mass is 9.91. The predicted octanol–water partition coefficient (Wildman–Crippen LogP) is 1.69. The molecule has 0 atom stereocenters. The van der Waals surface area contributed by atoms with Crippen molar-refractivity contribution in [2.45, 2.75) is 19.3 Å². The molecular formula is C24H18O5-2. The lowest BCUT2D eigenvalue weighted by Gasteiger charge is -2.19. The summed E-state index contributed by atoms with van der Waals surface area (Å²) in [5, 5.41) is 24.9. The number of aryl methyl sites for hydroxylation is 1. The number of carboxylic acid groups (broad SMARTS) is 2. The zero-order valence-electron chi connectivity index (χ0n) is 15.6. The maximum Gasteiger partial charge on any atom is 0.137 e. The highest BCUT2D eigenvalue weighted by Crippen LogP contribution is 2.28. The van der Waals surface area contributed by atoms with Crippen LogP contribution in [0.5, 0.6) is 0 Å². The van der Waals surface area contributed by atoms with Crippen molar-refractivity contribution in [3.63, 3.8) is 0 Å². The van der Waals surface area contributed by atoms with Gasteiger partial charge in [0, 0.05) is 18.4 Å². The summed E-state index contributed by atoms with van der Waals surface area (Å²) in [6.07, 6.45) is -0.00666. The normalized spacial score (nSPS) is 11.7. The van der Waals surface area contributed by atoms with Crippen molar-refractivity contribution >= 4 is 34.1 Å². The molecule has 0 fully saturated rings. The topological polar surface area (TPSA) is 97.3 Å². The average molecular weight is 386 g/mol. The van der Waals surface area contributed by atoms with Gasteiger partial charge in [0.05, 0.1) is 11.9 Å². The van der Waals surface area contributed by atoms with Crippen molar-refractivity contribution in [3.05, 3.63) is 89.5 Å². The molecule has 3 aromatic carbocycles. The first-order valence-electron chi connectivity index (χ1n) is 9.17. The third-order valence-corrected chi connectivity index (χ3v) is 4.72. The average Bonchev–Trinajstić information content (AvgIpc) is 2.72. The van der Waals surface area contributed by atoms with Crippen LogP contribution in [0.1, 0.15) is 24.0 Å². The van der Waals surface area contributed by atoms with Gasteiger partial charge < -0.3 is 19.8 Å². The molecule has 0 saturated heterocycles. The summed E-state index contributed by atoms with van der Waals surface area (Å²) in [5.41, 5.74) is 0.0430. The molecule has 29 heavy (non-hydrogen) atoms. The van der Waals surface area contributed by atoms with E-state index in [0.717, 1.165) is 10.9 Å². The summed E-state index contributed by atoms with van der Waals surface area (Å²) < 4.78 is 0. The van der Waals surface area contributed by atoms with Gasteiger partial charge in [-0.3, -0.25) is 4.79 Å². The Hall–Kier alpha value is -3.73. The molecule has 0 aliphatic carbocycles. The van der Waals surface area contributed by atoms with Gasteiger partial charge in [-0.05, 0) is 33.9 Å². The molecule has 5 nitrogen and oxygen atoms in total. The number of carbonyl (C=O) groups excluding carboxylic acids is 3. The summed E-state index contributed by atoms with van der Waals surface area (Å²) in [7, 11) is 0. The van der Waals surface area contributed by atoms with Gasteiger partial charge in [-0.25, -0.2) is 0 Å². The number of Topliss-reactive ketones (excluding diaryl/α,β-unsaturated/α-hetero) is 1. The molecule has 3 aromatic rings. The van der Waals surface area contributed by atoms with Gasteiger partial charge in [-0.1, -0.05) is 72.8 Å². The van der Waals surface area contributed by atoms with Crippen LogP contribution >= 0.6 is 0 Å². The Morgan fingerprint density at radius 3 is 2.07 bits per heavy atom. The van der Waals surface area contributed by atoms with E-state index in [4.69, 9.17) is 0 Å². The Kier molecular flexibility index (Phi) is 6.19. The highest BCUT2D eigenvalue weighted by Gasteiger charge is 2.17. The van der Waals surface area contributed by atoms with E-state index in [1.165, 1.54) is 6.07 Å². The highest BCUT2D eigenvalue weighted by atomic mass is 16.4. The summed E-state index contributed by atoms with van der Waals surface area (Å²) in [4.78, 5) is 36.0. The maximum absolute atomic E-state index is 12.4. The van der Waals surface area contributed by atoms with E-state index in [2.05, 4.69) is 0 Å². The molecule has 0 amide bonds. The second-order valence-electron chi connectivity index (χ2n) is 6.66. The van der Waals surface area contributed by atoms with Crippen LogP contribution in [0.4, 0.5) is 0 Å². The first-order chi connectivity index (χ1) is 14.0. The van der Waals surface area contributed by atoms with Gasteiger partial charge in [-0.2, -0.15) is 0 Å². The molecule has 0 spiro atoms. The van der Waals surface area contributed by atoms with E-state index in [0.29, 0.717) is 11.8 Å². The Bertz CT molecular complexity index is 1090. The minimum Gasteiger partial charge on any atom is -0.545 e. The van der Waals surface area contributed by atoms with E-state index in [9.17, 15) is 24.6 Å². The smallest absolute Gasteiger partial charge is 0.137 e. The highest BCUT2D eigenvalue weighted by molar-refractivity contribution is 6.24. The molecule has 0 aliphatic rings. The van der Waals surface area contributed by atoms with Gasteiger partial charge in [0.25, 0.3) is 0 Å². The number of fused-ring (bicyclic) bond motifs is 1. The molecule has 0 bridgehead atoms. The predicted molar refractivity (Wildman–Crippen MR) is 105 cm³/mol. The van der Waals surface area contributed by atoms with Crippen molar-refractivity contribution in [3.8, 4) is 0 Å². The number of hydrogen-bond acceptors (Lipinski definition) is 5. The van der Waals surface area contributed by atoms with Crippen LogP contribution in [-0.4, -0.2) is 17.7 Å². The quantitative estimate of drug-likeness (QED) is 0.549. The third-order valence-electron chi connectivity index (χ3n) is 4.72. The van der Waals surface area contributed by atoms with Crippen LogP contribution in [0.3, 0.4) is 0 Å². The maximum atomic E-state index is 12.4. The molecule has 0 radical (unpaired) electrons. The van der Waals surface area contributed by atoms with Crippen molar-refractivity contribution < 1.29 is 24.6 Å². The monoisotopic (exact) mass is 386 g/mol. The van der Waals surface area contributed by atoms with Crippen LogP contribution in [0.15, 0.2) is 78.4 Å². The fourth-order valence-electron chi connectivity index (χ4n) is 3.32. The number of benzene rings is 3. The largest absolute Gasteiger partial charge is 0.545 e. The number of rotatable bonds is 8. The Balaban J connectivity index is 1.97. The van der Waals surface area contributed by atoms with Crippen LogP contribution in [-0.2, 0) is 20.8 Å². The Morgan fingerprint density at radius 2 is 1.38 bits per heavy atom. The van der Waals surface area contributed by atoms with E-state index in [1.807, 2.05) is 30.3 Å². The zero-order chi connectivity index (χ0) is 20.8. The number of carbonyl (C=O) groups is 3. The standard InChI is InChI=1S/C24H20O5/c25-18(14-13-16-7-2-1-3-8-16)15-21(23(26)27)22(24(28)29)20-12-6-10-17-9-4-5-11-19(17)20/h1-12H,13-15H2,(H,26,27)(H,28,29)/p-2/b22-21+. The van der Waals surface area contributed by atoms with Gasteiger partial charge >= 0.3 is 0 Å². The van der Waals surface area contributed by atoms with Gasteiger partial charge in [0.2, 0.25) is 0 Å². The van der Waals surface area contributed by atoms with Crippen molar-refractivity contribution in [1.29, 1.82) is 0 Å². The number of aliphatic carboxylic acids is 2. The molecule has 3 rings (SSSR count). The Morgan fingerprint density at radius 1 is 0.724 bits per heavy atom. The summed E-state index contributed by atoms with van der Waals surface area (Å²) in [6, 6.07) is 21.2. The number of carboxylic acids is 2. The molecule has 146 valence electrons. The van der Waals surface area contributed by atoms with Crippen LogP contribution in [0, 0.1) is 0 Å². The minimum atomic E-state index is -1.69. The molecule has 0 heterocycles. The fraction of sp³-hybridized carbons (Fsp3) is 0.125. The van der Waals surface area contributed by atoms with Crippen LogP contribution in [0.2, 0.25) is 0 Å². The van der Waals surface area contributed by atoms with E-state index in [-0.39, 0.29) is 17.8 Å². The van der Waals surface area contributed by atoms with Crippen LogP contribution in [0.25, 0.3) is 16.3 Å². The summed E-state index contributed by atoms with van der Waals surface area (Å²) in [6.45, 7) is 0. The molecular weight excluding hydrogens is 368 g/mol. The first kappa shape index (κ1) is 20.0. The van der Waals surface area contributed by atoms with E-state index < -0.39 is 29.5 Å². The molecule has 0 aromatic heterocycles.